The summed E-state index contributed by atoms with van der Waals surface area (Å²) in [6, 6.07) is 9.08. The number of phenolic OH excluding ortho intramolecular Hbond substituents is 1. The van der Waals surface area contributed by atoms with Crippen molar-refractivity contribution in [3.63, 3.8) is 0 Å². The molecule has 1 aliphatic heterocycles. The van der Waals surface area contributed by atoms with Crippen molar-refractivity contribution in [1.82, 2.24) is 0 Å². The van der Waals surface area contributed by atoms with Gasteiger partial charge in [0, 0.05) is 17.7 Å². The van der Waals surface area contributed by atoms with E-state index in [1.165, 1.54) is 20.3 Å². The van der Waals surface area contributed by atoms with Gasteiger partial charge in [-0.3, -0.25) is 4.79 Å². The van der Waals surface area contributed by atoms with E-state index in [2.05, 4.69) is 0 Å². The lowest BCUT2D eigenvalue weighted by Crippen LogP contribution is -2.60. The lowest BCUT2D eigenvalue weighted by atomic mass is 9.99. The number of methoxy groups -OCH3 is 2. The molecule has 1 fully saturated rings. The van der Waals surface area contributed by atoms with Crippen LogP contribution in [0.5, 0.6) is 23.0 Å². The van der Waals surface area contributed by atoms with Crippen molar-refractivity contribution in [1.29, 1.82) is 0 Å². The largest absolute Gasteiger partial charge is 0.507 e. The molecular formula is C23H24O11. The molecule has 11 heteroatoms. The summed E-state index contributed by atoms with van der Waals surface area (Å²) < 4.78 is 27.2. The molecule has 5 N–H and O–H groups in total. The predicted octanol–water partition coefficient (Wildman–Crippen LogP) is 0.361. The minimum Gasteiger partial charge on any atom is -0.507 e. The molecule has 4 rings (SSSR count). The third kappa shape index (κ3) is 4.15. The van der Waals surface area contributed by atoms with Crippen molar-refractivity contribution >= 4 is 11.0 Å². The monoisotopic (exact) mass is 476 g/mol. The summed E-state index contributed by atoms with van der Waals surface area (Å²) in [7, 11) is 2.82. The van der Waals surface area contributed by atoms with E-state index in [4.69, 9.17) is 23.4 Å². The van der Waals surface area contributed by atoms with Crippen molar-refractivity contribution in [2.45, 2.75) is 30.7 Å². The molecule has 1 aliphatic rings. The van der Waals surface area contributed by atoms with Crippen LogP contribution in [-0.4, -0.2) is 77.1 Å². The second-order valence-electron chi connectivity index (χ2n) is 7.65. The Kier molecular flexibility index (Phi) is 6.64. The number of aliphatic hydroxyl groups is 4. The summed E-state index contributed by atoms with van der Waals surface area (Å²) >= 11 is 0. The first-order chi connectivity index (χ1) is 16.3. The zero-order valence-corrected chi connectivity index (χ0v) is 18.2. The first-order valence-corrected chi connectivity index (χ1v) is 10.3. The lowest BCUT2D eigenvalue weighted by molar-refractivity contribution is -0.277. The van der Waals surface area contributed by atoms with Gasteiger partial charge >= 0.3 is 0 Å². The number of rotatable bonds is 6. The maximum atomic E-state index is 13.0. The minimum atomic E-state index is -1.66. The lowest BCUT2D eigenvalue weighted by Gasteiger charge is -2.39. The Labute approximate surface area is 192 Å². The molecule has 0 spiro atoms. The fourth-order valence-electron chi connectivity index (χ4n) is 3.74. The number of aromatic hydroxyl groups is 1. The Morgan fingerprint density at radius 3 is 2.26 bits per heavy atom. The van der Waals surface area contributed by atoms with Gasteiger partial charge in [-0.2, -0.15) is 0 Å². The van der Waals surface area contributed by atoms with E-state index in [1.807, 2.05) is 0 Å². The van der Waals surface area contributed by atoms with Crippen LogP contribution in [-0.2, 0) is 4.74 Å². The number of benzene rings is 2. The first kappa shape index (κ1) is 23.8. The molecule has 0 amide bonds. The predicted molar refractivity (Wildman–Crippen MR) is 117 cm³/mol. The highest BCUT2D eigenvalue weighted by molar-refractivity contribution is 5.88. The fraction of sp³-hybridized carbons (Fsp3) is 0.348. The van der Waals surface area contributed by atoms with Crippen LogP contribution < -0.4 is 19.6 Å². The van der Waals surface area contributed by atoms with Gasteiger partial charge in [0.1, 0.15) is 52.6 Å². The van der Waals surface area contributed by atoms with E-state index in [1.54, 1.807) is 24.3 Å². The summed E-state index contributed by atoms with van der Waals surface area (Å²) in [5, 5.41) is 49.8. The zero-order valence-electron chi connectivity index (χ0n) is 18.2. The molecule has 5 atom stereocenters. The van der Waals surface area contributed by atoms with Crippen LogP contribution in [0.3, 0.4) is 0 Å². The highest BCUT2D eigenvalue weighted by Gasteiger charge is 2.44. The third-order valence-corrected chi connectivity index (χ3v) is 5.56. The number of hydrogen-bond acceptors (Lipinski definition) is 11. The van der Waals surface area contributed by atoms with Crippen LogP contribution >= 0.6 is 0 Å². The van der Waals surface area contributed by atoms with Crippen LogP contribution in [0.25, 0.3) is 22.3 Å². The Bertz CT molecular complexity index is 1220. The molecule has 0 unspecified atom stereocenters. The molecular weight excluding hydrogens is 452 g/mol. The van der Waals surface area contributed by atoms with Gasteiger partial charge in [-0.15, -0.1) is 0 Å². The fourth-order valence-corrected chi connectivity index (χ4v) is 3.74. The standard InChI is InChI=1S/C23H24O11/c1-30-11-5-3-10(4-6-11)21-22(31-2)18(27)16-13(25)7-12(8-14(16)33-21)32-23-20(29)19(28)17(26)15(9-24)34-23/h3-8,15,17,19-20,23-26,28-29H,9H2,1-2H3/t15-,17+,19+,20+,23+/m0/s1. The van der Waals surface area contributed by atoms with Gasteiger partial charge < -0.3 is 48.9 Å². The number of aliphatic hydroxyl groups excluding tert-OH is 4. The highest BCUT2D eigenvalue weighted by atomic mass is 16.7. The molecule has 2 aromatic carbocycles. The van der Waals surface area contributed by atoms with E-state index in [9.17, 15) is 30.3 Å². The summed E-state index contributed by atoms with van der Waals surface area (Å²) in [6.07, 6.45) is -7.52. The Morgan fingerprint density at radius 1 is 0.941 bits per heavy atom. The van der Waals surface area contributed by atoms with Gasteiger partial charge in [-0.25, -0.2) is 0 Å². The van der Waals surface area contributed by atoms with Crippen LogP contribution in [0.4, 0.5) is 0 Å². The van der Waals surface area contributed by atoms with Gasteiger partial charge in [0.05, 0.1) is 20.8 Å². The number of phenols is 1. The maximum Gasteiger partial charge on any atom is 0.239 e. The summed E-state index contributed by atoms with van der Waals surface area (Å²) in [5.41, 5.74) is -0.154. The molecule has 0 aliphatic carbocycles. The number of ether oxygens (including phenoxy) is 4. The maximum absolute atomic E-state index is 13.0. The van der Waals surface area contributed by atoms with Gasteiger partial charge in [-0.05, 0) is 24.3 Å². The van der Waals surface area contributed by atoms with E-state index >= 15 is 0 Å². The molecule has 34 heavy (non-hydrogen) atoms. The topological polar surface area (TPSA) is 168 Å². The number of hydrogen-bond donors (Lipinski definition) is 5. The average Bonchev–Trinajstić information content (AvgIpc) is 2.84. The molecule has 1 saturated heterocycles. The van der Waals surface area contributed by atoms with Crippen molar-refractivity contribution in [3.05, 3.63) is 46.6 Å². The summed E-state index contributed by atoms with van der Waals surface area (Å²) in [6.45, 7) is -0.631. The van der Waals surface area contributed by atoms with Crippen molar-refractivity contribution < 1.29 is 48.9 Å². The van der Waals surface area contributed by atoms with E-state index < -0.39 is 48.5 Å². The Hall–Kier alpha value is -3.35. The number of fused-ring (bicyclic) bond motifs is 1. The van der Waals surface area contributed by atoms with E-state index in [-0.39, 0.29) is 28.2 Å². The molecule has 1 aromatic heterocycles. The Balaban J connectivity index is 1.76. The van der Waals surface area contributed by atoms with Crippen molar-refractivity contribution in [3.8, 4) is 34.3 Å². The molecule has 0 bridgehead atoms. The first-order valence-electron chi connectivity index (χ1n) is 10.3. The summed E-state index contributed by atoms with van der Waals surface area (Å²) in [4.78, 5) is 13.0. The average molecular weight is 476 g/mol. The highest BCUT2D eigenvalue weighted by Crippen LogP contribution is 2.37. The van der Waals surface area contributed by atoms with Crippen LogP contribution in [0.1, 0.15) is 0 Å². The molecule has 11 nitrogen and oxygen atoms in total. The van der Waals surface area contributed by atoms with Crippen molar-refractivity contribution in [2.24, 2.45) is 0 Å². The normalized spacial score (nSPS) is 24.7. The second kappa shape index (κ2) is 9.49. The molecule has 2 heterocycles. The van der Waals surface area contributed by atoms with Crippen molar-refractivity contribution in [2.75, 3.05) is 20.8 Å². The van der Waals surface area contributed by atoms with E-state index in [0.717, 1.165) is 6.07 Å². The van der Waals surface area contributed by atoms with Gasteiger partial charge in [-0.1, -0.05) is 0 Å². The SMILES string of the molecule is COc1ccc(-c2oc3cc(O[C@@H]4O[C@@H](CO)[C@@H](O)[C@@H](O)[C@H]4O)cc(O)c3c(=O)c2OC)cc1. The molecule has 182 valence electrons. The zero-order chi connectivity index (χ0) is 24.6. The van der Waals surface area contributed by atoms with Crippen LogP contribution in [0.15, 0.2) is 45.6 Å². The molecule has 3 aromatic rings. The molecule has 0 saturated carbocycles. The third-order valence-electron chi connectivity index (χ3n) is 5.56. The minimum absolute atomic E-state index is 0.0452. The van der Waals surface area contributed by atoms with Gasteiger partial charge in [0.15, 0.2) is 5.76 Å². The smallest absolute Gasteiger partial charge is 0.239 e. The van der Waals surface area contributed by atoms with Gasteiger partial charge in [0.2, 0.25) is 17.5 Å². The van der Waals surface area contributed by atoms with Gasteiger partial charge in [0.25, 0.3) is 0 Å². The quantitative estimate of drug-likeness (QED) is 0.333. The van der Waals surface area contributed by atoms with Crippen LogP contribution in [0.2, 0.25) is 0 Å². The molecule has 0 radical (unpaired) electrons. The Morgan fingerprint density at radius 2 is 1.65 bits per heavy atom. The summed E-state index contributed by atoms with van der Waals surface area (Å²) in [5.74, 6) is 0.0371. The van der Waals surface area contributed by atoms with Crippen LogP contribution in [0, 0.1) is 0 Å². The van der Waals surface area contributed by atoms with E-state index in [0.29, 0.717) is 11.3 Å². The second-order valence-corrected chi connectivity index (χ2v) is 7.65.